The molecule has 0 radical (unpaired) electrons. The summed E-state index contributed by atoms with van der Waals surface area (Å²) in [5.74, 6) is 6.78. The van der Waals surface area contributed by atoms with E-state index >= 15 is 0 Å². The van der Waals surface area contributed by atoms with E-state index in [0.29, 0.717) is 31.8 Å². The molecule has 2 heterocycles. The van der Waals surface area contributed by atoms with E-state index in [-0.39, 0.29) is 53.3 Å². The van der Waals surface area contributed by atoms with Gasteiger partial charge in [-0.25, -0.2) is 0 Å². The van der Waals surface area contributed by atoms with E-state index in [4.69, 9.17) is 5.73 Å². The lowest BCUT2D eigenvalue weighted by Gasteiger charge is -2.47. The number of unbranched alkanes of at least 4 members (excludes halogenated alkanes) is 2. The van der Waals surface area contributed by atoms with Crippen LogP contribution in [0.5, 0.6) is 5.75 Å². The van der Waals surface area contributed by atoms with Crippen LogP contribution in [0.15, 0.2) is 47.5 Å². The van der Waals surface area contributed by atoms with Gasteiger partial charge in [0, 0.05) is 47.1 Å². The Bertz CT molecular complexity index is 1760. The molecule has 0 aliphatic heterocycles. The number of aliphatic hydroxyl groups excluding tert-OH is 3. The minimum atomic E-state index is -0.832. The Morgan fingerprint density at radius 3 is 2.57 bits per heavy atom. The summed E-state index contributed by atoms with van der Waals surface area (Å²) < 4.78 is 0. The normalized spacial score (nSPS) is 24.7. The number of carbonyl (C=O) groups is 1. The monoisotopic (exact) mass is 762 g/mol. The number of aliphatic imine (C=N–C) groups is 1. The van der Waals surface area contributed by atoms with Gasteiger partial charge in [-0.2, -0.15) is 0 Å². The summed E-state index contributed by atoms with van der Waals surface area (Å²) in [5.41, 5.74) is 7.61. The lowest BCUT2D eigenvalue weighted by Crippen LogP contribution is -2.50. The van der Waals surface area contributed by atoms with Crippen LogP contribution in [0.3, 0.4) is 0 Å². The van der Waals surface area contributed by atoms with Crippen LogP contribution in [0.4, 0.5) is 5.69 Å². The van der Waals surface area contributed by atoms with Crippen LogP contribution in [0, 0.1) is 40.9 Å². The number of phenolic OH excluding ortho intramolecular Hbond substituents is 1. The molecule has 2 aromatic heterocycles. The third-order valence-corrected chi connectivity index (χ3v) is 13.7. The molecule has 0 saturated heterocycles. The average Bonchev–Trinajstić information content (AvgIpc) is 3.90. The SMILES string of the molecule is CC#Cc1ccc(-c2ccc(C(=O)[C@H]3CC[C@H]([C@H](Cc4cc(O)cc(NC[C@H](C)O)c4)NC(N)=NC)C[C@]34C[C@@H](CCCCC)[C@@H]([C@H](O)CO)C4)s2)s1. The number of ketones is 1. The molecule has 2 aliphatic carbocycles. The van der Waals surface area contributed by atoms with Crippen LogP contribution in [0.25, 0.3) is 9.75 Å². The molecular weight excluding hydrogens is 705 g/mol. The van der Waals surface area contributed by atoms with Crippen molar-refractivity contribution in [1.82, 2.24) is 5.32 Å². The largest absolute Gasteiger partial charge is 0.508 e. The highest BCUT2D eigenvalue weighted by Gasteiger charge is 2.56. The fourth-order valence-corrected chi connectivity index (χ4v) is 11.0. The van der Waals surface area contributed by atoms with E-state index in [0.717, 1.165) is 75.7 Å². The van der Waals surface area contributed by atoms with Gasteiger partial charge in [0.2, 0.25) is 0 Å². The van der Waals surface area contributed by atoms with Gasteiger partial charge in [0.25, 0.3) is 0 Å². The quantitative estimate of drug-likeness (QED) is 0.0269. The number of anilines is 1. The van der Waals surface area contributed by atoms with Crippen molar-refractivity contribution in [3.63, 3.8) is 0 Å². The number of rotatable bonds is 16. The van der Waals surface area contributed by atoms with Crippen molar-refractivity contribution in [1.29, 1.82) is 0 Å². The van der Waals surface area contributed by atoms with Crippen LogP contribution < -0.4 is 16.4 Å². The Kier molecular flexibility index (Phi) is 14.4. The number of thiophene rings is 2. The molecule has 8 atom stereocenters. The van der Waals surface area contributed by atoms with E-state index in [1.54, 1.807) is 48.8 Å². The Balaban J connectivity index is 1.48. The highest BCUT2D eigenvalue weighted by molar-refractivity contribution is 7.23. The molecule has 0 bridgehead atoms. The maximum atomic E-state index is 14.8. The van der Waals surface area contributed by atoms with E-state index in [2.05, 4.69) is 46.5 Å². The molecule has 3 aromatic rings. The topological polar surface area (TPSA) is 160 Å². The van der Waals surface area contributed by atoms with Crippen LogP contribution >= 0.6 is 22.7 Å². The van der Waals surface area contributed by atoms with Crippen molar-refractivity contribution in [2.45, 2.75) is 103 Å². The van der Waals surface area contributed by atoms with Crippen molar-refractivity contribution < 1.29 is 25.2 Å². The number of nitrogens with zero attached hydrogens (tertiary/aromatic N) is 1. The van der Waals surface area contributed by atoms with Crippen molar-refractivity contribution in [3.05, 3.63) is 57.8 Å². The average molecular weight is 763 g/mol. The molecule has 11 heteroatoms. The molecule has 2 fully saturated rings. The second-order valence-corrected chi connectivity index (χ2v) is 17.5. The number of carbonyl (C=O) groups excluding carboxylic acids is 1. The predicted molar refractivity (Wildman–Crippen MR) is 218 cm³/mol. The molecule has 1 aromatic carbocycles. The summed E-state index contributed by atoms with van der Waals surface area (Å²) >= 11 is 3.19. The summed E-state index contributed by atoms with van der Waals surface area (Å²) in [4.78, 5) is 22.9. The Morgan fingerprint density at radius 2 is 1.85 bits per heavy atom. The number of aliphatic hydroxyl groups is 3. The molecule has 2 saturated carbocycles. The number of nitrogens with one attached hydrogen (secondary N) is 2. The fourth-order valence-electron chi connectivity index (χ4n) is 9.05. The highest BCUT2D eigenvalue weighted by atomic mass is 32.1. The zero-order valence-electron chi connectivity index (χ0n) is 31.6. The van der Waals surface area contributed by atoms with Crippen LogP contribution in [0.1, 0.15) is 98.7 Å². The first-order valence-electron chi connectivity index (χ1n) is 19.2. The molecular formula is C42H58N4O5S2. The molecule has 0 amide bonds. The predicted octanol–water partition coefficient (Wildman–Crippen LogP) is 7.04. The molecule has 0 unspecified atom stereocenters. The third-order valence-electron chi connectivity index (χ3n) is 11.5. The van der Waals surface area contributed by atoms with Crippen molar-refractivity contribution in [2.75, 3.05) is 25.5 Å². The van der Waals surface area contributed by atoms with Crippen LogP contribution in [-0.2, 0) is 6.42 Å². The first-order chi connectivity index (χ1) is 25.5. The first kappa shape index (κ1) is 40.8. The lowest BCUT2D eigenvalue weighted by molar-refractivity contribution is 0.0149. The first-order valence-corrected chi connectivity index (χ1v) is 20.8. The number of hydrogen-bond donors (Lipinski definition) is 7. The minimum absolute atomic E-state index is 0.0867. The second kappa shape index (κ2) is 18.8. The van der Waals surface area contributed by atoms with Crippen molar-refractivity contribution >= 4 is 40.1 Å². The molecule has 5 rings (SSSR count). The van der Waals surface area contributed by atoms with Crippen LogP contribution in [-0.4, -0.2) is 70.6 Å². The number of guanidine groups is 1. The summed E-state index contributed by atoms with van der Waals surface area (Å²) in [6, 6.07) is 13.4. The van der Waals surface area contributed by atoms with E-state index in [1.807, 2.05) is 25.1 Å². The number of hydrogen-bond acceptors (Lipinski definition) is 9. The standard InChI is InChI=1S/C42H58N4O5S2/c1-5-7-8-10-28-21-42(23-33(28)36(50)25-47)22-29(35(46-41(43)44-4)19-27-17-30(20-31(49)18-27)45-24-26(3)48)11-13-34(42)40(51)39-16-15-38(53-39)37-14-12-32(52-37)9-6-2/h12,14-18,20,26,28-29,33-36,45,47-50H,5,7-8,10-11,13,19,21-25H2,1-4H3,(H3,43,44,46)/t26-,28+,29-,33-,34+,35-,36+,42-/m0/s1. The van der Waals surface area contributed by atoms with Gasteiger partial charge in [0.15, 0.2) is 11.7 Å². The Morgan fingerprint density at radius 1 is 1.08 bits per heavy atom. The highest BCUT2D eigenvalue weighted by Crippen LogP contribution is 2.61. The number of aromatic hydroxyl groups is 1. The number of nitrogens with two attached hydrogens (primary N) is 1. The zero-order valence-corrected chi connectivity index (χ0v) is 33.2. The van der Waals surface area contributed by atoms with Crippen molar-refractivity contribution in [2.24, 2.45) is 39.8 Å². The van der Waals surface area contributed by atoms with Gasteiger partial charge in [-0.1, -0.05) is 38.5 Å². The van der Waals surface area contributed by atoms with E-state index < -0.39 is 12.2 Å². The van der Waals surface area contributed by atoms with Gasteiger partial charge in [-0.15, -0.1) is 28.6 Å². The minimum Gasteiger partial charge on any atom is -0.508 e. The van der Waals surface area contributed by atoms with Crippen LogP contribution in [0.2, 0.25) is 0 Å². The summed E-state index contributed by atoms with van der Waals surface area (Å²) in [6.45, 7) is 5.80. The number of Topliss-reactive ketones (excluding diaryl/α,β-unsaturated/α-hetero) is 1. The van der Waals surface area contributed by atoms with E-state index in [9.17, 15) is 25.2 Å². The Hall–Kier alpha value is -3.40. The second-order valence-electron chi connectivity index (χ2n) is 15.3. The maximum Gasteiger partial charge on any atom is 0.188 e. The Labute approximate surface area is 323 Å². The van der Waals surface area contributed by atoms with Gasteiger partial charge in [-0.05, 0) is 118 Å². The maximum absolute atomic E-state index is 14.8. The summed E-state index contributed by atoms with van der Waals surface area (Å²) in [6.07, 6.45) is 7.23. The van der Waals surface area contributed by atoms with Gasteiger partial charge in [0.1, 0.15) is 5.75 Å². The molecule has 8 N–H and O–H groups in total. The lowest BCUT2D eigenvalue weighted by atomic mass is 9.58. The fraction of sp³-hybridized carbons (Fsp3) is 0.571. The molecule has 2 aliphatic rings. The molecule has 9 nitrogen and oxygen atoms in total. The van der Waals surface area contributed by atoms with Gasteiger partial charge in [0.05, 0.1) is 28.6 Å². The summed E-state index contributed by atoms with van der Waals surface area (Å²) in [5, 5.41) is 48.6. The third kappa shape index (κ3) is 10.2. The smallest absolute Gasteiger partial charge is 0.188 e. The van der Waals surface area contributed by atoms with Gasteiger partial charge >= 0.3 is 0 Å². The van der Waals surface area contributed by atoms with E-state index in [1.165, 1.54) is 0 Å². The molecule has 288 valence electrons. The molecule has 1 spiro atoms. The molecule has 53 heavy (non-hydrogen) atoms. The van der Waals surface area contributed by atoms with Gasteiger partial charge in [-0.3, -0.25) is 9.79 Å². The van der Waals surface area contributed by atoms with Gasteiger partial charge < -0.3 is 36.8 Å². The zero-order chi connectivity index (χ0) is 38.1. The summed E-state index contributed by atoms with van der Waals surface area (Å²) in [7, 11) is 1.66. The number of benzene rings is 1. The van der Waals surface area contributed by atoms with Crippen molar-refractivity contribution in [3.8, 4) is 27.3 Å². The number of phenols is 1.